The lowest BCUT2D eigenvalue weighted by atomic mass is 9.93. The van der Waals surface area contributed by atoms with Crippen LogP contribution < -0.4 is 5.32 Å². The van der Waals surface area contributed by atoms with Gasteiger partial charge in [-0.2, -0.15) is 0 Å². The zero-order chi connectivity index (χ0) is 19.5. The Balaban J connectivity index is 2.05. The molecule has 2 atom stereocenters. The molecule has 27 heavy (non-hydrogen) atoms. The van der Waals surface area contributed by atoms with Crippen molar-refractivity contribution in [2.24, 2.45) is 5.92 Å². The van der Waals surface area contributed by atoms with Gasteiger partial charge >= 0.3 is 5.97 Å². The molecule has 2 unspecified atom stereocenters. The fourth-order valence-corrected chi connectivity index (χ4v) is 3.17. The number of carbonyl (C=O) groups is 2. The Morgan fingerprint density at radius 2 is 1.59 bits per heavy atom. The average molecular weight is 367 g/mol. The zero-order valence-corrected chi connectivity index (χ0v) is 16.2. The van der Waals surface area contributed by atoms with Gasteiger partial charge in [0, 0.05) is 6.54 Å². The normalized spacial score (nSPS) is 12.8. The summed E-state index contributed by atoms with van der Waals surface area (Å²) in [6.07, 6.45) is 2.24. The zero-order valence-electron chi connectivity index (χ0n) is 16.2. The highest BCUT2D eigenvalue weighted by molar-refractivity contribution is 5.84. The van der Waals surface area contributed by atoms with E-state index in [-0.39, 0.29) is 24.3 Å². The smallest absolute Gasteiger partial charge is 0.311 e. The Labute approximate surface area is 161 Å². The van der Waals surface area contributed by atoms with Crippen LogP contribution in [0.5, 0.6) is 0 Å². The van der Waals surface area contributed by atoms with Gasteiger partial charge in [0.1, 0.15) is 0 Å². The maximum atomic E-state index is 12.8. The number of ether oxygens (including phenoxy) is 1. The monoisotopic (exact) mass is 367 g/mol. The summed E-state index contributed by atoms with van der Waals surface area (Å²) in [5.41, 5.74) is 2.06. The van der Waals surface area contributed by atoms with E-state index < -0.39 is 5.92 Å². The maximum Gasteiger partial charge on any atom is 0.311 e. The molecule has 2 rings (SSSR count). The van der Waals surface area contributed by atoms with Crippen molar-refractivity contribution in [3.8, 4) is 0 Å². The van der Waals surface area contributed by atoms with Gasteiger partial charge in [-0.1, -0.05) is 74.0 Å². The van der Waals surface area contributed by atoms with Gasteiger partial charge in [0.25, 0.3) is 0 Å². The standard InChI is InChI=1S/C23H29NO3/c1-3-11-21(19-14-9-6-10-15-19)22(25)24-17-20(23(26)27-4-2)16-18-12-7-5-8-13-18/h5-10,12-15,20-21H,3-4,11,16-17H2,1-2H3,(H,24,25). The van der Waals surface area contributed by atoms with Gasteiger partial charge in [-0.25, -0.2) is 0 Å². The molecular formula is C23H29NO3. The van der Waals surface area contributed by atoms with E-state index in [1.54, 1.807) is 6.92 Å². The highest BCUT2D eigenvalue weighted by Crippen LogP contribution is 2.21. The second-order valence-corrected chi connectivity index (χ2v) is 6.64. The van der Waals surface area contributed by atoms with Crippen LogP contribution in [-0.2, 0) is 20.7 Å². The lowest BCUT2D eigenvalue weighted by molar-refractivity contribution is -0.147. The van der Waals surface area contributed by atoms with Crippen molar-refractivity contribution in [3.63, 3.8) is 0 Å². The topological polar surface area (TPSA) is 55.4 Å². The first-order valence-corrected chi connectivity index (χ1v) is 9.68. The molecule has 0 aliphatic carbocycles. The molecule has 0 aliphatic heterocycles. The third-order valence-electron chi connectivity index (χ3n) is 4.56. The molecule has 0 fully saturated rings. The third-order valence-corrected chi connectivity index (χ3v) is 4.56. The van der Waals surface area contributed by atoms with E-state index in [1.165, 1.54) is 0 Å². The number of carbonyl (C=O) groups excluding carboxylic acids is 2. The molecule has 2 aromatic rings. The summed E-state index contributed by atoms with van der Waals surface area (Å²) in [7, 11) is 0. The van der Waals surface area contributed by atoms with Crippen LogP contribution in [0.1, 0.15) is 43.7 Å². The second-order valence-electron chi connectivity index (χ2n) is 6.64. The fourth-order valence-electron chi connectivity index (χ4n) is 3.17. The highest BCUT2D eigenvalue weighted by Gasteiger charge is 2.24. The molecule has 4 nitrogen and oxygen atoms in total. The van der Waals surface area contributed by atoms with Gasteiger partial charge in [0.05, 0.1) is 18.4 Å². The van der Waals surface area contributed by atoms with Crippen molar-refractivity contribution >= 4 is 11.9 Å². The molecule has 0 heterocycles. The lowest BCUT2D eigenvalue weighted by Gasteiger charge is -2.20. The van der Waals surface area contributed by atoms with Gasteiger partial charge in [0.15, 0.2) is 0 Å². The van der Waals surface area contributed by atoms with Crippen molar-refractivity contribution < 1.29 is 14.3 Å². The quantitative estimate of drug-likeness (QED) is 0.643. The molecule has 144 valence electrons. The summed E-state index contributed by atoms with van der Waals surface area (Å²) in [5.74, 6) is -0.899. The summed E-state index contributed by atoms with van der Waals surface area (Å²) >= 11 is 0. The van der Waals surface area contributed by atoms with Crippen LogP contribution >= 0.6 is 0 Å². The van der Waals surface area contributed by atoms with E-state index in [0.29, 0.717) is 13.0 Å². The second kappa shape index (κ2) is 11.2. The Morgan fingerprint density at radius 1 is 0.963 bits per heavy atom. The van der Waals surface area contributed by atoms with E-state index in [9.17, 15) is 9.59 Å². The van der Waals surface area contributed by atoms with Crippen LogP contribution in [0.25, 0.3) is 0 Å². The number of hydrogen-bond donors (Lipinski definition) is 1. The van der Waals surface area contributed by atoms with E-state index in [0.717, 1.165) is 24.0 Å². The van der Waals surface area contributed by atoms with Crippen molar-refractivity contribution in [2.45, 2.75) is 39.0 Å². The summed E-state index contributed by atoms with van der Waals surface area (Å²) in [6, 6.07) is 19.6. The minimum absolute atomic E-state index is 0.0367. The van der Waals surface area contributed by atoms with E-state index >= 15 is 0 Å². The molecule has 0 aromatic heterocycles. The predicted octanol–water partition coefficient (Wildman–Crippen LogP) is 4.11. The molecule has 0 aliphatic rings. The van der Waals surface area contributed by atoms with Gasteiger partial charge in [-0.3, -0.25) is 9.59 Å². The van der Waals surface area contributed by atoms with Crippen LogP contribution in [0.2, 0.25) is 0 Å². The predicted molar refractivity (Wildman–Crippen MR) is 107 cm³/mol. The van der Waals surface area contributed by atoms with E-state index in [1.807, 2.05) is 60.7 Å². The molecule has 1 amide bonds. The van der Waals surface area contributed by atoms with Crippen molar-refractivity contribution in [3.05, 3.63) is 71.8 Å². The number of benzene rings is 2. The first-order valence-electron chi connectivity index (χ1n) is 9.68. The number of esters is 1. The molecule has 0 spiro atoms. The summed E-state index contributed by atoms with van der Waals surface area (Å²) in [6.45, 7) is 4.48. The van der Waals surface area contributed by atoms with Gasteiger partial charge in [0.2, 0.25) is 5.91 Å². The van der Waals surface area contributed by atoms with Gasteiger partial charge < -0.3 is 10.1 Å². The summed E-state index contributed by atoms with van der Waals surface area (Å²) in [5, 5.41) is 2.99. The Kier molecular flexibility index (Phi) is 8.56. The molecule has 0 saturated carbocycles. The first kappa shape index (κ1) is 20.7. The largest absolute Gasteiger partial charge is 0.466 e. The number of rotatable bonds is 10. The third kappa shape index (κ3) is 6.55. The Morgan fingerprint density at radius 3 is 2.19 bits per heavy atom. The summed E-state index contributed by atoms with van der Waals surface area (Å²) < 4.78 is 5.21. The minimum atomic E-state index is -0.394. The van der Waals surface area contributed by atoms with E-state index in [2.05, 4.69) is 12.2 Å². The van der Waals surface area contributed by atoms with E-state index in [4.69, 9.17) is 4.74 Å². The summed E-state index contributed by atoms with van der Waals surface area (Å²) in [4.78, 5) is 25.2. The molecule has 1 N–H and O–H groups in total. The van der Waals surface area contributed by atoms with Crippen LogP contribution in [0.15, 0.2) is 60.7 Å². The van der Waals surface area contributed by atoms with Crippen molar-refractivity contribution in [1.82, 2.24) is 5.32 Å². The van der Waals surface area contributed by atoms with Crippen LogP contribution in [0.3, 0.4) is 0 Å². The average Bonchev–Trinajstić information content (AvgIpc) is 2.70. The molecule has 4 heteroatoms. The fraction of sp³-hybridized carbons (Fsp3) is 0.391. The lowest BCUT2D eigenvalue weighted by Crippen LogP contribution is -2.37. The number of hydrogen-bond acceptors (Lipinski definition) is 3. The van der Waals surface area contributed by atoms with Gasteiger partial charge in [-0.15, -0.1) is 0 Å². The SMILES string of the molecule is CCCC(C(=O)NCC(Cc1ccccc1)C(=O)OCC)c1ccccc1. The number of nitrogens with one attached hydrogen (secondary N) is 1. The minimum Gasteiger partial charge on any atom is -0.466 e. The maximum absolute atomic E-state index is 12.8. The Bertz CT molecular complexity index is 700. The van der Waals surface area contributed by atoms with Crippen molar-refractivity contribution in [1.29, 1.82) is 0 Å². The molecule has 0 bridgehead atoms. The first-order chi connectivity index (χ1) is 13.2. The van der Waals surface area contributed by atoms with Gasteiger partial charge in [-0.05, 0) is 30.9 Å². The van der Waals surface area contributed by atoms with Crippen LogP contribution in [-0.4, -0.2) is 25.0 Å². The van der Waals surface area contributed by atoms with Crippen LogP contribution in [0.4, 0.5) is 0 Å². The molecular weight excluding hydrogens is 338 g/mol. The Hall–Kier alpha value is -2.62. The highest BCUT2D eigenvalue weighted by atomic mass is 16.5. The van der Waals surface area contributed by atoms with Crippen molar-refractivity contribution in [2.75, 3.05) is 13.2 Å². The molecule has 0 radical (unpaired) electrons. The molecule has 2 aromatic carbocycles. The van der Waals surface area contributed by atoms with Crippen LogP contribution in [0, 0.1) is 5.92 Å². The number of amides is 1. The molecule has 0 saturated heterocycles.